The maximum absolute atomic E-state index is 11.6. The van der Waals surface area contributed by atoms with Crippen molar-refractivity contribution in [3.8, 4) is 11.5 Å². The molecule has 0 unspecified atom stereocenters. The van der Waals surface area contributed by atoms with E-state index in [1.807, 2.05) is 0 Å². The van der Waals surface area contributed by atoms with Gasteiger partial charge in [-0.1, -0.05) is 5.16 Å². The molecule has 0 aliphatic rings. The molecule has 0 aliphatic carbocycles. The molecule has 19 heavy (non-hydrogen) atoms. The van der Waals surface area contributed by atoms with Crippen molar-refractivity contribution in [2.45, 2.75) is 0 Å². The maximum Gasteiger partial charge on any atom is 0.382 e. The number of carboxylic acid groups (broad SMARTS) is 1. The zero-order valence-electron chi connectivity index (χ0n) is 9.82. The molecule has 0 saturated carbocycles. The van der Waals surface area contributed by atoms with Crippen LogP contribution in [0.15, 0.2) is 34.9 Å². The standard InChI is InChI=1S/C12H9NO6/c1-17-7-2-4-8(5-3-7)18-12(16)10-6-9(11(14)15)13-19-10/h2-6H,1H3,(H,14,15). The van der Waals surface area contributed by atoms with E-state index in [4.69, 9.17) is 14.6 Å². The summed E-state index contributed by atoms with van der Waals surface area (Å²) in [7, 11) is 1.52. The van der Waals surface area contributed by atoms with Gasteiger partial charge in [-0.15, -0.1) is 0 Å². The molecule has 0 amide bonds. The third-order valence-electron chi connectivity index (χ3n) is 2.20. The molecular formula is C12H9NO6. The number of nitrogens with zero attached hydrogens (tertiary/aromatic N) is 1. The van der Waals surface area contributed by atoms with Gasteiger partial charge in [0.2, 0.25) is 5.76 Å². The van der Waals surface area contributed by atoms with Crippen molar-refractivity contribution in [2.75, 3.05) is 7.11 Å². The summed E-state index contributed by atoms with van der Waals surface area (Å²) in [5, 5.41) is 11.8. The summed E-state index contributed by atoms with van der Waals surface area (Å²) in [6, 6.07) is 7.29. The summed E-state index contributed by atoms with van der Waals surface area (Å²) in [5.74, 6) is -1.50. The molecule has 0 fully saturated rings. The predicted octanol–water partition coefficient (Wildman–Crippen LogP) is 1.60. The number of aromatic nitrogens is 1. The van der Waals surface area contributed by atoms with Crippen LogP contribution in [0.3, 0.4) is 0 Å². The highest BCUT2D eigenvalue weighted by Gasteiger charge is 2.18. The van der Waals surface area contributed by atoms with E-state index < -0.39 is 11.9 Å². The fourth-order valence-electron chi connectivity index (χ4n) is 1.27. The summed E-state index contributed by atoms with van der Waals surface area (Å²) in [6.07, 6.45) is 0. The minimum atomic E-state index is -1.28. The number of methoxy groups -OCH3 is 1. The zero-order chi connectivity index (χ0) is 13.8. The van der Waals surface area contributed by atoms with E-state index >= 15 is 0 Å². The number of carbonyl (C=O) groups excluding carboxylic acids is 1. The highest BCUT2D eigenvalue weighted by Crippen LogP contribution is 2.18. The lowest BCUT2D eigenvalue weighted by Crippen LogP contribution is -2.07. The van der Waals surface area contributed by atoms with Crippen LogP contribution in [-0.2, 0) is 0 Å². The zero-order valence-corrected chi connectivity index (χ0v) is 9.82. The molecule has 2 rings (SSSR count). The number of rotatable bonds is 4. The van der Waals surface area contributed by atoms with E-state index in [0.29, 0.717) is 5.75 Å². The van der Waals surface area contributed by atoms with Crippen LogP contribution in [0.1, 0.15) is 21.0 Å². The van der Waals surface area contributed by atoms with Crippen LogP contribution < -0.4 is 9.47 Å². The van der Waals surface area contributed by atoms with Gasteiger partial charge in [-0.05, 0) is 24.3 Å². The third-order valence-corrected chi connectivity index (χ3v) is 2.20. The summed E-state index contributed by atoms with van der Waals surface area (Å²) >= 11 is 0. The molecule has 0 aliphatic heterocycles. The summed E-state index contributed by atoms with van der Waals surface area (Å²) < 4.78 is 14.5. The highest BCUT2D eigenvalue weighted by atomic mass is 16.6. The summed E-state index contributed by atoms with van der Waals surface area (Å²) in [6.45, 7) is 0. The van der Waals surface area contributed by atoms with Crippen molar-refractivity contribution in [3.05, 3.63) is 41.8 Å². The number of aromatic carboxylic acids is 1. The molecule has 0 atom stereocenters. The Morgan fingerprint density at radius 2 is 1.84 bits per heavy atom. The first-order valence-corrected chi connectivity index (χ1v) is 5.16. The molecule has 2 aromatic rings. The largest absolute Gasteiger partial charge is 0.497 e. The normalized spacial score (nSPS) is 9.95. The first-order chi connectivity index (χ1) is 9.10. The van der Waals surface area contributed by atoms with Gasteiger partial charge in [0, 0.05) is 6.07 Å². The van der Waals surface area contributed by atoms with E-state index in [-0.39, 0.29) is 17.2 Å². The molecular weight excluding hydrogens is 254 g/mol. The lowest BCUT2D eigenvalue weighted by atomic mass is 10.3. The smallest absolute Gasteiger partial charge is 0.382 e. The molecule has 0 saturated heterocycles. The number of esters is 1. The minimum absolute atomic E-state index is 0.277. The van der Waals surface area contributed by atoms with Gasteiger partial charge in [-0.2, -0.15) is 0 Å². The van der Waals surface area contributed by atoms with Gasteiger partial charge in [0.25, 0.3) is 0 Å². The monoisotopic (exact) mass is 263 g/mol. The molecule has 0 spiro atoms. The second kappa shape index (κ2) is 5.21. The van der Waals surface area contributed by atoms with E-state index in [0.717, 1.165) is 6.07 Å². The molecule has 1 aromatic carbocycles. The summed E-state index contributed by atoms with van der Waals surface area (Å²) in [4.78, 5) is 22.2. The van der Waals surface area contributed by atoms with Gasteiger partial charge >= 0.3 is 11.9 Å². The molecule has 1 N–H and O–H groups in total. The maximum atomic E-state index is 11.6. The molecule has 1 heterocycles. The highest BCUT2D eigenvalue weighted by molar-refractivity contribution is 5.92. The van der Waals surface area contributed by atoms with E-state index in [1.54, 1.807) is 12.1 Å². The van der Waals surface area contributed by atoms with Gasteiger partial charge in [0.1, 0.15) is 11.5 Å². The number of benzene rings is 1. The molecule has 7 nitrogen and oxygen atoms in total. The Balaban J connectivity index is 2.08. The second-order valence-electron chi connectivity index (χ2n) is 3.45. The van der Waals surface area contributed by atoms with Crippen LogP contribution in [0, 0.1) is 0 Å². The Kier molecular flexibility index (Phi) is 3.46. The van der Waals surface area contributed by atoms with Crippen LogP contribution in [0.5, 0.6) is 11.5 Å². The van der Waals surface area contributed by atoms with Gasteiger partial charge < -0.3 is 19.1 Å². The quantitative estimate of drug-likeness (QED) is 0.660. The van der Waals surface area contributed by atoms with Crippen molar-refractivity contribution in [3.63, 3.8) is 0 Å². The van der Waals surface area contributed by atoms with Gasteiger partial charge in [-0.3, -0.25) is 0 Å². The molecule has 7 heteroatoms. The van der Waals surface area contributed by atoms with Gasteiger partial charge in [-0.25, -0.2) is 9.59 Å². The van der Waals surface area contributed by atoms with Crippen molar-refractivity contribution in [1.82, 2.24) is 5.16 Å². The average molecular weight is 263 g/mol. The topological polar surface area (TPSA) is 98.9 Å². The average Bonchev–Trinajstić information content (AvgIpc) is 2.89. The van der Waals surface area contributed by atoms with Crippen LogP contribution in [0.4, 0.5) is 0 Å². The van der Waals surface area contributed by atoms with Crippen molar-refractivity contribution >= 4 is 11.9 Å². The Hall–Kier alpha value is -2.83. The number of carboxylic acids is 1. The fraction of sp³-hybridized carbons (Fsp3) is 0.0833. The number of hydrogen-bond acceptors (Lipinski definition) is 6. The molecule has 1 aromatic heterocycles. The molecule has 98 valence electrons. The van der Waals surface area contributed by atoms with E-state index in [9.17, 15) is 9.59 Å². The SMILES string of the molecule is COc1ccc(OC(=O)c2cc(C(=O)O)no2)cc1. The Morgan fingerprint density at radius 1 is 1.21 bits per heavy atom. The first-order valence-electron chi connectivity index (χ1n) is 5.16. The Labute approximate surface area is 107 Å². The van der Waals surface area contributed by atoms with Crippen molar-refractivity contribution in [2.24, 2.45) is 0 Å². The van der Waals surface area contributed by atoms with E-state index in [2.05, 4.69) is 9.68 Å². The van der Waals surface area contributed by atoms with Gasteiger partial charge in [0.05, 0.1) is 7.11 Å². The minimum Gasteiger partial charge on any atom is -0.497 e. The molecule has 0 radical (unpaired) electrons. The lowest BCUT2D eigenvalue weighted by Gasteiger charge is -2.02. The van der Waals surface area contributed by atoms with E-state index in [1.165, 1.54) is 19.2 Å². The van der Waals surface area contributed by atoms with Crippen LogP contribution in [0.25, 0.3) is 0 Å². The number of hydrogen-bond donors (Lipinski definition) is 1. The predicted molar refractivity (Wildman–Crippen MR) is 61.4 cm³/mol. The van der Waals surface area contributed by atoms with Crippen molar-refractivity contribution in [1.29, 1.82) is 0 Å². The van der Waals surface area contributed by atoms with Gasteiger partial charge in [0.15, 0.2) is 5.69 Å². The molecule has 0 bridgehead atoms. The first kappa shape index (κ1) is 12.6. The Morgan fingerprint density at radius 3 is 2.37 bits per heavy atom. The van der Waals surface area contributed by atoms with Crippen LogP contribution in [-0.4, -0.2) is 29.3 Å². The number of ether oxygens (including phenoxy) is 2. The van der Waals surface area contributed by atoms with Crippen molar-refractivity contribution < 1.29 is 28.7 Å². The third kappa shape index (κ3) is 2.89. The van der Waals surface area contributed by atoms with Crippen LogP contribution in [0.2, 0.25) is 0 Å². The Bertz CT molecular complexity index is 601. The number of carbonyl (C=O) groups is 2. The summed E-state index contributed by atoms with van der Waals surface area (Å²) in [5.41, 5.74) is -0.360. The fourth-order valence-corrected chi connectivity index (χ4v) is 1.27. The second-order valence-corrected chi connectivity index (χ2v) is 3.45. The lowest BCUT2D eigenvalue weighted by molar-refractivity contribution is 0.0668. The van der Waals surface area contributed by atoms with Crippen LogP contribution >= 0.6 is 0 Å².